The van der Waals surface area contributed by atoms with Crippen LogP contribution in [0.4, 0.5) is 0 Å². The van der Waals surface area contributed by atoms with Gasteiger partial charge in [0.15, 0.2) is 0 Å². The molecule has 0 amide bonds. The van der Waals surface area contributed by atoms with Crippen molar-refractivity contribution in [2.24, 2.45) is 5.41 Å². The molecule has 0 heterocycles. The molecule has 104 valence electrons. The van der Waals surface area contributed by atoms with Gasteiger partial charge in [0.05, 0.1) is 16.5 Å². The lowest BCUT2D eigenvalue weighted by molar-refractivity contribution is -0.171. The summed E-state index contributed by atoms with van der Waals surface area (Å²) in [7, 11) is 0. The van der Waals surface area contributed by atoms with Gasteiger partial charge in [0.1, 0.15) is 0 Å². The molecule has 3 nitrogen and oxygen atoms in total. The van der Waals surface area contributed by atoms with E-state index in [0.717, 1.165) is 16.5 Å². The molecule has 0 spiro atoms. The number of hydrogen-bond acceptors (Lipinski definition) is 2. The number of benzene rings is 1. The molecule has 0 bridgehead atoms. The van der Waals surface area contributed by atoms with E-state index < -0.39 is 17.5 Å². The molecular weight excluding hydrogens is 332 g/mol. The van der Waals surface area contributed by atoms with Gasteiger partial charge in [0, 0.05) is 11.1 Å². The summed E-state index contributed by atoms with van der Waals surface area (Å²) in [5, 5.41) is 10.2. The number of rotatable bonds is 5. The predicted molar refractivity (Wildman–Crippen MR) is 77.4 cm³/mol. The van der Waals surface area contributed by atoms with E-state index in [-0.39, 0.29) is 0 Å². The van der Waals surface area contributed by atoms with Crippen molar-refractivity contribution in [2.75, 3.05) is 6.61 Å². The van der Waals surface area contributed by atoms with Crippen LogP contribution < -0.4 is 0 Å². The second-order valence-corrected chi connectivity index (χ2v) is 6.09. The molecule has 0 radical (unpaired) electrons. The molecule has 1 aromatic rings. The van der Waals surface area contributed by atoms with E-state index in [2.05, 4.69) is 15.9 Å². The summed E-state index contributed by atoms with van der Waals surface area (Å²) in [5.41, 5.74) is 0.0729. The molecule has 0 saturated heterocycles. The van der Waals surface area contributed by atoms with Crippen LogP contribution in [0.2, 0.25) is 5.02 Å². The van der Waals surface area contributed by atoms with E-state index >= 15 is 0 Å². The first-order chi connectivity index (χ1) is 9.01. The normalized spacial score (nSPS) is 18.7. The Kier molecular flexibility index (Phi) is 4.54. The lowest BCUT2D eigenvalue weighted by Crippen LogP contribution is -2.44. The van der Waals surface area contributed by atoms with Crippen LogP contribution in [-0.4, -0.2) is 17.7 Å². The van der Waals surface area contributed by atoms with Crippen molar-refractivity contribution in [1.82, 2.24) is 0 Å². The second kappa shape index (κ2) is 5.81. The summed E-state index contributed by atoms with van der Waals surface area (Å²) in [6.45, 7) is 2.37. The van der Waals surface area contributed by atoms with Gasteiger partial charge in [-0.1, -0.05) is 24.1 Å². The van der Waals surface area contributed by atoms with Gasteiger partial charge in [-0.25, -0.2) is 0 Å². The molecular formula is C14H16BrClO3. The summed E-state index contributed by atoms with van der Waals surface area (Å²) < 4.78 is 6.51. The number of carboxylic acids is 1. The zero-order valence-corrected chi connectivity index (χ0v) is 13.0. The summed E-state index contributed by atoms with van der Waals surface area (Å²) >= 11 is 9.36. The monoisotopic (exact) mass is 346 g/mol. The minimum absolute atomic E-state index is 0.419. The number of ether oxygens (including phenoxy) is 1. The Bertz CT molecular complexity index is 486. The van der Waals surface area contributed by atoms with Crippen molar-refractivity contribution >= 4 is 33.5 Å². The largest absolute Gasteiger partial charge is 0.481 e. The molecule has 1 N–H and O–H groups in total. The van der Waals surface area contributed by atoms with Crippen molar-refractivity contribution < 1.29 is 14.6 Å². The van der Waals surface area contributed by atoms with Crippen LogP contribution in [0.3, 0.4) is 0 Å². The molecule has 0 aliphatic heterocycles. The highest BCUT2D eigenvalue weighted by molar-refractivity contribution is 9.10. The van der Waals surface area contributed by atoms with Crippen molar-refractivity contribution in [3.8, 4) is 0 Å². The van der Waals surface area contributed by atoms with E-state index in [4.69, 9.17) is 16.3 Å². The topological polar surface area (TPSA) is 46.5 Å². The highest BCUT2D eigenvalue weighted by Crippen LogP contribution is 2.52. The maximum Gasteiger partial charge on any atom is 0.312 e. The average molecular weight is 348 g/mol. The minimum atomic E-state index is -0.788. The number of carbonyl (C=O) groups is 1. The number of carboxylic acid groups (broad SMARTS) is 1. The maximum absolute atomic E-state index is 11.6. The summed E-state index contributed by atoms with van der Waals surface area (Å²) in [6.07, 6.45) is 1.84. The predicted octanol–water partition coefficient (Wildman–Crippen LogP) is 4.44. The van der Waals surface area contributed by atoms with Gasteiger partial charge >= 0.3 is 5.97 Å². The van der Waals surface area contributed by atoms with Crippen LogP contribution >= 0.6 is 27.5 Å². The first-order valence-electron chi connectivity index (χ1n) is 6.31. The first-order valence-corrected chi connectivity index (χ1v) is 7.48. The number of hydrogen-bond donors (Lipinski definition) is 1. The molecule has 1 aliphatic rings. The molecule has 2 rings (SSSR count). The van der Waals surface area contributed by atoms with Crippen molar-refractivity contribution in [3.63, 3.8) is 0 Å². The van der Waals surface area contributed by atoms with Gasteiger partial charge in [0.2, 0.25) is 0 Å². The van der Waals surface area contributed by atoms with Crippen LogP contribution in [0.25, 0.3) is 0 Å². The quantitative estimate of drug-likeness (QED) is 0.857. The number of halogens is 2. The van der Waals surface area contributed by atoms with Crippen molar-refractivity contribution in [3.05, 3.63) is 33.3 Å². The molecule has 0 aromatic heterocycles. The highest BCUT2D eigenvalue weighted by atomic mass is 79.9. The molecule has 1 atom stereocenters. The third-order valence-corrected chi connectivity index (χ3v) is 4.97. The maximum atomic E-state index is 11.6. The standard InChI is InChI=1S/C14H16BrClO3/c1-2-19-12(14(13(17)18)6-3-7-14)9-4-5-11(16)10(15)8-9/h4-5,8,12H,2-3,6-7H2,1H3,(H,17,18). The smallest absolute Gasteiger partial charge is 0.312 e. The van der Waals surface area contributed by atoms with Crippen LogP contribution in [-0.2, 0) is 9.53 Å². The lowest BCUT2D eigenvalue weighted by Gasteiger charge is -2.43. The first kappa shape index (κ1) is 14.8. The summed E-state index contributed by atoms with van der Waals surface area (Å²) in [4.78, 5) is 11.6. The van der Waals surface area contributed by atoms with Crippen LogP contribution in [0.15, 0.2) is 22.7 Å². The Hall–Kier alpha value is -0.580. The zero-order chi connectivity index (χ0) is 14.0. The molecule has 1 aliphatic carbocycles. The Labute approximate surface area is 126 Å². The van der Waals surface area contributed by atoms with Gasteiger partial charge in [-0.3, -0.25) is 4.79 Å². The highest BCUT2D eigenvalue weighted by Gasteiger charge is 2.52. The van der Waals surface area contributed by atoms with E-state index in [1.807, 2.05) is 19.1 Å². The van der Waals surface area contributed by atoms with E-state index in [1.165, 1.54) is 0 Å². The fourth-order valence-corrected chi connectivity index (χ4v) is 3.08. The molecule has 1 saturated carbocycles. The zero-order valence-electron chi connectivity index (χ0n) is 10.7. The van der Waals surface area contributed by atoms with Gasteiger partial charge in [-0.15, -0.1) is 0 Å². The fraction of sp³-hybridized carbons (Fsp3) is 0.500. The van der Waals surface area contributed by atoms with Gasteiger partial charge in [-0.05, 0) is 53.4 Å². The van der Waals surface area contributed by atoms with Crippen LogP contribution in [0.1, 0.15) is 37.9 Å². The molecule has 19 heavy (non-hydrogen) atoms. The second-order valence-electron chi connectivity index (χ2n) is 4.82. The fourth-order valence-electron chi connectivity index (χ4n) is 2.56. The summed E-state index contributed by atoms with van der Waals surface area (Å²) in [6, 6.07) is 5.46. The third kappa shape index (κ3) is 2.67. The van der Waals surface area contributed by atoms with Gasteiger partial charge in [-0.2, -0.15) is 0 Å². The Morgan fingerprint density at radius 2 is 2.26 bits per heavy atom. The molecule has 5 heteroatoms. The Balaban J connectivity index is 2.39. The molecule has 1 aromatic carbocycles. The molecule has 1 unspecified atom stereocenters. The van der Waals surface area contributed by atoms with Crippen molar-refractivity contribution in [1.29, 1.82) is 0 Å². The third-order valence-electron chi connectivity index (χ3n) is 3.75. The minimum Gasteiger partial charge on any atom is -0.481 e. The van der Waals surface area contributed by atoms with Gasteiger partial charge in [0.25, 0.3) is 0 Å². The van der Waals surface area contributed by atoms with Crippen molar-refractivity contribution in [2.45, 2.75) is 32.3 Å². The van der Waals surface area contributed by atoms with Crippen LogP contribution in [0.5, 0.6) is 0 Å². The Morgan fingerprint density at radius 3 is 2.68 bits per heavy atom. The summed E-state index contributed by atoms with van der Waals surface area (Å²) in [5.74, 6) is -0.775. The SMILES string of the molecule is CCOC(c1ccc(Cl)c(Br)c1)C1(C(=O)O)CCC1. The molecule has 1 fully saturated rings. The number of aliphatic carboxylic acids is 1. The van der Waals surface area contributed by atoms with Gasteiger partial charge < -0.3 is 9.84 Å². The van der Waals surface area contributed by atoms with Crippen LogP contribution in [0, 0.1) is 5.41 Å². The average Bonchev–Trinajstić information content (AvgIpc) is 2.30. The van der Waals surface area contributed by atoms with E-state index in [9.17, 15) is 9.90 Å². The Morgan fingerprint density at radius 1 is 1.58 bits per heavy atom. The lowest BCUT2D eigenvalue weighted by atomic mass is 9.63. The van der Waals surface area contributed by atoms with E-state index in [1.54, 1.807) is 6.07 Å². The van der Waals surface area contributed by atoms with E-state index in [0.29, 0.717) is 24.5 Å².